The van der Waals surface area contributed by atoms with Gasteiger partial charge in [0.2, 0.25) is 0 Å². The van der Waals surface area contributed by atoms with Gasteiger partial charge in [-0.2, -0.15) is 0 Å². The van der Waals surface area contributed by atoms with E-state index in [1.807, 2.05) is 18.2 Å². The van der Waals surface area contributed by atoms with Gasteiger partial charge in [-0.3, -0.25) is 0 Å². The molecule has 104 valence electrons. The van der Waals surface area contributed by atoms with E-state index in [2.05, 4.69) is 17.2 Å². The van der Waals surface area contributed by atoms with Crippen LogP contribution in [0.4, 0.5) is 0 Å². The van der Waals surface area contributed by atoms with E-state index in [9.17, 15) is 0 Å². The number of ether oxygens (including phenoxy) is 2. The van der Waals surface area contributed by atoms with Gasteiger partial charge in [0, 0.05) is 13.1 Å². The molecule has 19 heavy (non-hydrogen) atoms. The predicted octanol–water partition coefficient (Wildman–Crippen LogP) is 3.38. The SMILES string of the molecule is COc1ccc(C=CN2CCC[C@@H](Cl)C2)cc1OC. The van der Waals surface area contributed by atoms with Gasteiger partial charge in [0.1, 0.15) is 0 Å². The number of piperidine rings is 1. The van der Waals surface area contributed by atoms with Crippen molar-refractivity contribution in [2.45, 2.75) is 18.2 Å². The first-order chi connectivity index (χ1) is 9.22. The van der Waals surface area contributed by atoms with Gasteiger partial charge in [-0.1, -0.05) is 6.07 Å². The molecule has 1 atom stereocenters. The number of halogens is 1. The molecule has 4 heteroatoms. The molecule has 0 bridgehead atoms. The Kier molecular flexibility index (Phi) is 4.97. The van der Waals surface area contributed by atoms with Crippen LogP contribution in [0.5, 0.6) is 11.5 Å². The third kappa shape index (κ3) is 3.80. The monoisotopic (exact) mass is 281 g/mol. The second kappa shape index (κ2) is 6.71. The quantitative estimate of drug-likeness (QED) is 0.790. The summed E-state index contributed by atoms with van der Waals surface area (Å²) >= 11 is 6.17. The minimum Gasteiger partial charge on any atom is -0.493 e. The van der Waals surface area contributed by atoms with Gasteiger partial charge < -0.3 is 14.4 Å². The van der Waals surface area contributed by atoms with E-state index in [1.54, 1.807) is 14.2 Å². The van der Waals surface area contributed by atoms with Gasteiger partial charge in [-0.05, 0) is 42.8 Å². The van der Waals surface area contributed by atoms with Crippen LogP contribution < -0.4 is 9.47 Å². The van der Waals surface area contributed by atoms with Crippen molar-refractivity contribution in [3.05, 3.63) is 30.0 Å². The minimum atomic E-state index is 0.267. The molecule has 0 aliphatic carbocycles. The van der Waals surface area contributed by atoms with Crippen molar-refractivity contribution in [3.63, 3.8) is 0 Å². The van der Waals surface area contributed by atoms with Crippen LogP contribution in [0.25, 0.3) is 6.08 Å². The molecule has 0 unspecified atom stereocenters. The molecule has 0 amide bonds. The molecule has 0 saturated carbocycles. The van der Waals surface area contributed by atoms with Crippen LogP contribution in [0, 0.1) is 0 Å². The molecule has 3 nitrogen and oxygen atoms in total. The second-order valence-corrected chi connectivity index (χ2v) is 5.28. The molecule has 1 aliphatic heterocycles. The lowest BCUT2D eigenvalue weighted by molar-refractivity contribution is 0.315. The molecule has 1 aliphatic rings. The molecule has 0 radical (unpaired) electrons. The normalized spacial score (nSPS) is 19.7. The molecule has 1 aromatic carbocycles. The number of hydrogen-bond donors (Lipinski definition) is 0. The Balaban J connectivity index is 2.05. The van der Waals surface area contributed by atoms with Crippen LogP contribution in [0.15, 0.2) is 24.4 Å². The number of likely N-dealkylation sites (tertiary alicyclic amines) is 1. The summed E-state index contributed by atoms with van der Waals surface area (Å²) in [7, 11) is 3.29. The van der Waals surface area contributed by atoms with Crippen LogP contribution in [0.1, 0.15) is 18.4 Å². The zero-order valence-electron chi connectivity index (χ0n) is 11.4. The Bertz CT molecular complexity index is 448. The van der Waals surface area contributed by atoms with Gasteiger partial charge in [-0.15, -0.1) is 11.6 Å². The number of nitrogens with zero attached hydrogens (tertiary/aromatic N) is 1. The summed E-state index contributed by atoms with van der Waals surface area (Å²) in [6.07, 6.45) is 6.46. The lowest BCUT2D eigenvalue weighted by atomic mass is 10.1. The Morgan fingerprint density at radius 3 is 2.74 bits per heavy atom. The molecule has 1 heterocycles. The van der Waals surface area contributed by atoms with Crippen LogP contribution in [0.3, 0.4) is 0 Å². The summed E-state index contributed by atoms with van der Waals surface area (Å²) in [5, 5.41) is 0.267. The van der Waals surface area contributed by atoms with Crippen molar-refractivity contribution in [1.82, 2.24) is 4.90 Å². The van der Waals surface area contributed by atoms with Gasteiger partial charge in [-0.25, -0.2) is 0 Å². The fourth-order valence-corrected chi connectivity index (χ4v) is 2.57. The largest absolute Gasteiger partial charge is 0.493 e. The Labute approximate surface area is 119 Å². The molecular weight excluding hydrogens is 262 g/mol. The lowest BCUT2D eigenvalue weighted by Gasteiger charge is -2.28. The summed E-state index contributed by atoms with van der Waals surface area (Å²) in [6, 6.07) is 5.90. The standard InChI is InChI=1S/C15H20ClNO2/c1-18-14-6-5-12(10-15(14)19-2)7-9-17-8-3-4-13(16)11-17/h5-7,9-10,13H,3-4,8,11H2,1-2H3/t13-/m1/s1. The maximum atomic E-state index is 6.17. The Morgan fingerprint density at radius 2 is 2.05 bits per heavy atom. The zero-order chi connectivity index (χ0) is 13.7. The molecule has 0 aromatic heterocycles. The van der Waals surface area contributed by atoms with E-state index in [0.29, 0.717) is 0 Å². The first-order valence-electron chi connectivity index (χ1n) is 6.51. The van der Waals surface area contributed by atoms with E-state index in [0.717, 1.165) is 43.0 Å². The Hall–Kier alpha value is -1.35. The molecule has 1 aromatic rings. The highest BCUT2D eigenvalue weighted by Gasteiger charge is 2.14. The average molecular weight is 282 g/mol. The van der Waals surface area contributed by atoms with Crippen LogP contribution >= 0.6 is 11.6 Å². The van der Waals surface area contributed by atoms with Crippen LogP contribution in [0.2, 0.25) is 0 Å². The topological polar surface area (TPSA) is 21.7 Å². The van der Waals surface area contributed by atoms with Crippen molar-refractivity contribution in [2.75, 3.05) is 27.3 Å². The van der Waals surface area contributed by atoms with Crippen molar-refractivity contribution in [2.24, 2.45) is 0 Å². The van der Waals surface area contributed by atoms with Gasteiger partial charge in [0.05, 0.1) is 19.6 Å². The van der Waals surface area contributed by atoms with Gasteiger partial charge >= 0.3 is 0 Å². The van der Waals surface area contributed by atoms with Crippen LogP contribution in [-0.2, 0) is 0 Å². The fraction of sp³-hybridized carbons (Fsp3) is 0.467. The summed E-state index contributed by atoms with van der Waals surface area (Å²) in [5.74, 6) is 1.50. The van der Waals surface area contributed by atoms with Crippen molar-refractivity contribution in [1.29, 1.82) is 0 Å². The predicted molar refractivity (Wildman–Crippen MR) is 79.0 cm³/mol. The second-order valence-electron chi connectivity index (χ2n) is 4.66. The fourth-order valence-electron chi connectivity index (χ4n) is 2.24. The van der Waals surface area contributed by atoms with E-state index < -0.39 is 0 Å². The number of alkyl halides is 1. The molecule has 0 spiro atoms. The summed E-state index contributed by atoms with van der Waals surface area (Å²) in [4.78, 5) is 2.26. The minimum absolute atomic E-state index is 0.267. The number of benzene rings is 1. The average Bonchev–Trinajstić information content (AvgIpc) is 2.45. The molecule has 1 saturated heterocycles. The summed E-state index contributed by atoms with van der Waals surface area (Å²) in [5.41, 5.74) is 1.09. The number of rotatable bonds is 4. The van der Waals surface area contributed by atoms with Gasteiger partial charge in [0.25, 0.3) is 0 Å². The summed E-state index contributed by atoms with van der Waals surface area (Å²) < 4.78 is 10.5. The first kappa shape index (κ1) is 14.1. The van der Waals surface area contributed by atoms with E-state index in [-0.39, 0.29) is 5.38 Å². The smallest absolute Gasteiger partial charge is 0.161 e. The lowest BCUT2D eigenvalue weighted by Crippen LogP contribution is -2.31. The van der Waals surface area contributed by atoms with Crippen molar-refractivity contribution in [3.8, 4) is 11.5 Å². The van der Waals surface area contributed by atoms with E-state index in [1.165, 1.54) is 0 Å². The Morgan fingerprint density at radius 1 is 1.26 bits per heavy atom. The number of methoxy groups -OCH3 is 2. The first-order valence-corrected chi connectivity index (χ1v) is 6.95. The maximum Gasteiger partial charge on any atom is 0.161 e. The molecule has 1 fully saturated rings. The molecule has 2 rings (SSSR count). The third-order valence-electron chi connectivity index (χ3n) is 3.28. The third-order valence-corrected chi connectivity index (χ3v) is 3.64. The number of hydrogen-bond acceptors (Lipinski definition) is 3. The maximum absolute atomic E-state index is 6.17. The van der Waals surface area contributed by atoms with E-state index in [4.69, 9.17) is 21.1 Å². The van der Waals surface area contributed by atoms with Crippen molar-refractivity contribution >= 4 is 17.7 Å². The highest BCUT2D eigenvalue weighted by atomic mass is 35.5. The molecule has 0 N–H and O–H groups in total. The highest BCUT2D eigenvalue weighted by molar-refractivity contribution is 6.20. The van der Waals surface area contributed by atoms with Crippen molar-refractivity contribution < 1.29 is 9.47 Å². The zero-order valence-corrected chi connectivity index (χ0v) is 12.2. The van der Waals surface area contributed by atoms with Crippen LogP contribution in [-0.4, -0.2) is 37.6 Å². The highest BCUT2D eigenvalue weighted by Crippen LogP contribution is 2.28. The molecular formula is C15H20ClNO2. The van der Waals surface area contributed by atoms with E-state index >= 15 is 0 Å². The summed E-state index contributed by atoms with van der Waals surface area (Å²) in [6.45, 7) is 2.00. The van der Waals surface area contributed by atoms with Gasteiger partial charge in [0.15, 0.2) is 11.5 Å².